The van der Waals surface area contributed by atoms with Crippen molar-refractivity contribution in [3.05, 3.63) is 41.7 Å². The van der Waals surface area contributed by atoms with Gasteiger partial charge in [-0.25, -0.2) is 4.68 Å². The highest BCUT2D eigenvalue weighted by atomic mass is 16.4. The Morgan fingerprint density at radius 3 is 2.81 bits per heavy atom. The molecule has 1 aromatic heterocycles. The standard InChI is InChI=1S/C14H16N4O3/c1-10-4-2-3-5-12(10)15-13(19)9-18-8-11(16-17-18)6-7-14(20)21/h2-5,8H,6-7,9H2,1H3,(H,15,19)(H,20,21). The van der Waals surface area contributed by atoms with E-state index in [0.717, 1.165) is 11.3 Å². The van der Waals surface area contributed by atoms with Crippen LogP contribution < -0.4 is 5.32 Å². The molecule has 0 saturated heterocycles. The highest BCUT2D eigenvalue weighted by Gasteiger charge is 2.08. The first-order chi connectivity index (χ1) is 10.0. The Morgan fingerprint density at radius 2 is 2.10 bits per heavy atom. The minimum Gasteiger partial charge on any atom is -0.481 e. The van der Waals surface area contributed by atoms with Gasteiger partial charge >= 0.3 is 5.97 Å². The molecule has 0 bridgehead atoms. The number of carboxylic acid groups (broad SMARTS) is 1. The number of hydrogen-bond acceptors (Lipinski definition) is 4. The number of aliphatic carboxylic acids is 1. The van der Waals surface area contributed by atoms with Crippen molar-refractivity contribution < 1.29 is 14.7 Å². The number of aromatic nitrogens is 3. The molecule has 1 aromatic carbocycles. The van der Waals surface area contributed by atoms with Gasteiger partial charge in [0.05, 0.1) is 12.1 Å². The molecule has 0 aliphatic heterocycles. The van der Waals surface area contributed by atoms with Gasteiger partial charge in [-0.15, -0.1) is 5.10 Å². The Hall–Kier alpha value is -2.70. The second-order valence-electron chi connectivity index (χ2n) is 4.66. The topological polar surface area (TPSA) is 97.1 Å². The second kappa shape index (κ2) is 6.65. The first kappa shape index (κ1) is 14.7. The fraction of sp³-hybridized carbons (Fsp3) is 0.286. The Kier molecular flexibility index (Phi) is 4.65. The number of para-hydroxylation sites is 1. The first-order valence-electron chi connectivity index (χ1n) is 6.51. The first-order valence-corrected chi connectivity index (χ1v) is 6.51. The highest BCUT2D eigenvalue weighted by Crippen LogP contribution is 2.12. The number of amides is 1. The number of nitrogens with zero attached hydrogens (tertiary/aromatic N) is 3. The Morgan fingerprint density at radius 1 is 1.33 bits per heavy atom. The molecular weight excluding hydrogens is 272 g/mol. The average Bonchev–Trinajstić information content (AvgIpc) is 2.86. The van der Waals surface area contributed by atoms with Crippen molar-refractivity contribution in [1.82, 2.24) is 15.0 Å². The van der Waals surface area contributed by atoms with Crippen LogP contribution in [0.4, 0.5) is 5.69 Å². The van der Waals surface area contributed by atoms with Gasteiger partial charge in [-0.3, -0.25) is 9.59 Å². The van der Waals surface area contributed by atoms with Gasteiger partial charge in [-0.1, -0.05) is 23.4 Å². The largest absolute Gasteiger partial charge is 0.481 e. The lowest BCUT2D eigenvalue weighted by molar-refractivity contribution is -0.137. The number of aryl methyl sites for hydroxylation is 2. The summed E-state index contributed by atoms with van der Waals surface area (Å²) in [5, 5.41) is 19.0. The molecule has 2 rings (SSSR count). The van der Waals surface area contributed by atoms with Gasteiger partial charge < -0.3 is 10.4 Å². The van der Waals surface area contributed by atoms with E-state index in [4.69, 9.17) is 5.11 Å². The third kappa shape index (κ3) is 4.41. The SMILES string of the molecule is Cc1ccccc1NC(=O)Cn1cc(CCC(=O)O)nn1. The van der Waals surface area contributed by atoms with E-state index < -0.39 is 5.97 Å². The van der Waals surface area contributed by atoms with Gasteiger partial charge in [0.1, 0.15) is 6.54 Å². The molecule has 7 nitrogen and oxygen atoms in total. The molecule has 0 spiro atoms. The van der Waals surface area contributed by atoms with E-state index in [9.17, 15) is 9.59 Å². The summed E-state index contributed by atoms with van der Waals surface area (Å²) < 4.78 is 1.39. The van der Waals surface area contributed by atoms with Crippen molar-refractivity contribution in [2.75, 3.05) is 5.32 Å². The van der Waals surface area contributed by atoms with Crippen LogP contribution in [0.25, 0.3) is 0 Å². The van der Waals surface area contributed by atoms with Gasteiger partial charge in [0, 0.05) is 18.3 Å². The molecule has 7 heteroatoms. The van der Waals surface area contributed by atoms with E-state index in [0.29, 0.717) is 12.1 Å². The number of anilines is 1. The van der Waals surface area contributed by atoms with E-state index in [1.807, 2.05) is 31.2 Å². The maximum atomic E-state index is 11.9. The average molecular weight is 288 g/mol. The maximum absolute atomic E-state index is 11.9. The number of rotatable bonds is 6. The minimum absolute atomic E-state index is 0.00585. The predicted octanol–water partition coefficient (Wildman–Crippen LogP) is 1.24. The van der Waals surface area contributed by atoms with E-state index >= 15 is 0 Å². The third-order valence-corrected chi connectivity index (χ3v) is 2.91. The van der Waals surface area contributed by atoms with Crippen LogP contribution in [0.1, 0.15) is 17.7 Å². The molecule has 1 amide bonds. The summed E-state index contributed by atoms with van der Waals surface area (Å²) in [6.07, 6.45) is 1.88. The van der Waals surface area contributed by atoms with Crippen LogP contribution >= 0.6 is 0 Å². The van der Waals surface area contributed by atoms with Gasteiger partial charge in [-0.2, -0.15) is 0 Å². The van der Waals surface area contributed by atoms with E-state index in [-0.39, 0.29) is 18.9 Å². The second-order valence-corrected chi connectivity index (χ2v) is 4.66. The molecule has 0 saturated carbocycles. The molecule has 2 N–H and O–H groups in total. The summed E-state index contributed by atoms with van der Waals surface area (Å²) >= 11 is 0. The summed E-state index contributed by atoms with van der Waals surface area (Å²) in [5.74, 6) is -1.10. The molecule has 2 aromatic rings. The molecule has 1 heterocycles. The zero-order valence-corrected chi connectivity index (χ0v) is 11.6. The molecule has 0 atom stereocenters. The van der Waals surface area contributed by atoms with Crippen LogP contribution in [0.15, 0.2) is 30.5 Å². The van der Waals surface area contributed by atoms with E-state index in [1.54, 1.807) is 6.20 Å². The van der Waals surface area contributed by atoms with Gasteiger partial charge in [-0.05, 0) is 18.6 Å². The number of hydrogen-bond donors (Lipinski definition) is 2. The summed E-state index contributed by atoms with van der Waals surface area (Å²) in [6.45, 7) is 1.95. The van der Waals surface area contributed by atoms with Gasteiger partial charge in [0.2, 0.25) is 5.91 Å². The number of benzene rings is 1. The molecule has 110 valence electrons. The molecule has 0 aliphatic carbocycles. The smallest absolute Gasteiger partial charge is 0.303 e. The highest BCUT2D eigenvalue weighted by molar-refractivity contribution is 5.91. The van der Waals surface area contributed by atoms with E-state index in [2.05, 4.69) is 15.6 Å². The lowest BCUT2D eigenvalue weighted by atomic mass is 10.2. The zero-order valence-electron chi connectivity index (χ0n) is 11.6. The fourth-order valence-electron chi connectivity index (χ4n) is 1.82. The van der Waals surface area contributed by atoms with Crippen molar-refractivity contribution in [2.45, 2.75) is 26.3 Å². The van der Waals surface area contributed by atoms with Crippen molar-refractivity contribution in [3.8, 4) is 0 Å². The van der Waals surface area contributed by atoms with Crippen molar-refractivity contribution in [3.63, 3.8) is 0 Å². The summed E-state index contributed by atoms with van der Waals surface area (Å²) in [6, 6.07) is 7.49. The van der Waals surface area contributed by atoms with Crippen molar-refractivity contribution in [1.29, 1.82) is 0 Å². The quantitative estimate of drug-likeness (QED) is 0.833. The van der Waals surface area contributed by atoms with Crippen LogP contribution in [0, 0.1) is 6.92 Å². The number of carboxylic acids is 1. The molecular formula is C14H16N4O3. The summed E-state index contributed by atoms with van der Waals surface area (Å²) in [5.41, 5.74) is 2.29. The molecule has 21 heavy (non-hydrogen) atoms. The summed E-state index contributed by atoms with van der Waals surface area (Å²) in [7, 11) is 0. The maximum Gasteiger partial charge on any atom is 0.303 e. The third-order valence-electron chi connectivity index (χ3n) is 2.91. The van der Waals surface area contributed by atoms with Crippen LogP contribution in [-0.4, -0.2) is 32.0 Å². The van der Waals surface area contributed by atoms with Crippen LogP contribution in [-0.2, 0) is 22.6 Å². The van der Waals surface area contributed by atoms with Crippen LogP contribution in [0.5, 0.6) is 0 Å². The normalized spacial score (nSPS) is 10.3. The van der Waals surface area contributed by atoms with Gasteiger partial charge in [0.15, 0.2) is 0 Å². The van der Waals surface area contributed by atoms with E-state index in [1.165, 1.54) is 4.68 Å². The minimum atomic E-state index is -0.887. The van der Waals surface area contributed by atoms with Gasteiger partial charge in [0.25, 0.3) is 0 Å². The Balaban J connectivity index is 1.91. The van der Waals surface area contributed by atoms with Crippen LogP contribution in [0.3, 0.4) is 0 Å². The lowest BCUT2D eigenvalue weighted by Crippen LogP contribution is -2.19. The number of carbonyl (C=O) groups excluding carboxylic acids is 1. The Bertz CT molecular complexity index is 651. The monoisotopic (exact) mass is 288 g/mol. The van der Waals surface area contributed by atoms with Crippen molar-refractivity contribution >= 4 is 17.6 Å². The number of nitrogens with one attached hydrogen (secondary N) is 1. The van der Waals surface area contributed by atoms with Crippen molar-refractivity contribution in [2.24, 2.45) is 0 Å². The van der Waals surface area contributed by atoms with Crippen LogP contribution in [0.2, 0.25) is 0 Å². The zero-order chi connectivity index (χ0) is 15.2. The summed E-state index contributed by atoms with van der Waals surface area (Å²) in [4.78, 5) is 22.4. The lowest BCUT2D eigenvalue weighted by Gasteiger charge is -2.07. The Labute approximate surface area is 121 Å². The molecule has 0 unspecified atom stereocenters. The molecule has 0 radical (unpaired) electrons. The molecule has 0 aliphatic rings. The molecule has 0 fully saturated rings. The number of carbonyl (C=O) groups is 2. The fourth-order valence-corrected chi connectivity index (χ4v) is 1.82. The predicted molar refractivity (Wildman–Crippen MR) is 75.8 cm³/mol.